The van der Waals surface area contributed by atoms with Gasteiger partial charge in [-0.15, -0.1) is 0 Å². The minimum Gasteiger partial charge on any atom is -0.444 e. The van der Waals surface area contributed by atoms with Crippen molar-refractivity contribution in [1.82, 2.24) is 4.90 Å². The van der Waals surface area contributed by atoms with Gasteiger partial charge in [-0.25, -0.2) is 18.4 Å². The molecule has 2 N–H and O–H groups in total. The molecule has 0 spiro atoms. The second-order valence-electron chi connectivity index (χ2n) is 6.67. The van der Waals surface area contributed by atoms with Gasteiger partial charge < -0.3 is 9.64 Å². The van der Waals surface area contributed by atoms with Gasteiger partial charge in [0.25, 0.3) is 0 Å². The van der Waals surface area contributed by atoms with E-state index in [4.69, 9.17) is 9.88 Å². The lowest BCUT2D eigenvalue weighted by molar-refractivity contribution is 0.0104. The Bertz CT molecular complexity index is 643. The van der Waals surface area contributed by atoms with Gasteiger partial charge >= 0.3 is 6.09 Å². The summed E-state index contributed by atoms with van der Waals surface area (Å²) in [5.41, 5.74) is -0.480. The molecule has 0 radical (unpaired) electrons. The third-order valence-electron chi connectivity index (χ3n) is 3.40. The Morgan fingerprint density at radius 2 is 1.55 bits per heavy atom. The van der Waals surface area contributed by atoms with Gasteiger partial charge in [0.2, 0.25) is 10.0 Å². The summed E-state index contributed by atoms with van der Waals surface area (Å²) in [6.45, 7) is 9.09. The third-order valence-corrected chi connectivity index (χ3v) is 4.32. The fourth-order valence-corrected chi connectivity index (χ4v) is 2.32. The minimum atomic E-state index is -3.73. The summed E-state index contributed by atoms with van der Waals surface area (Å²) in [5.74, 6) is 0. The van der Waals surface area contributed by atoms with Crippen molar-refractivity contribution in [3.63, 3.8) is 0 Å². The summed E-state index contributed by atoms with van der Waals surface area (Å²) < 4.78 is 27.9. The first-order chi connectivity index (χ1) is 9.75. The van der Waals surface area contributed by atoms with Gasteiger partial charge in [0.1, 0.15) is 5.60 Å². The highest BCUT2D eigenvalue weighted by Crippen LogP contribution is 2.28. The number of ether oxygens (including phenoxy) is 1. The van der Waals surface area contributed by atoms with Crippen LogP contribution in [0, 0.1) is 0 Å². The molecule has 22 heavy (non-hydrogen) atoms. The van der Waals surface area contributed by atoms with E-state index < -0.39 is 27.3 Å². The van der Waals surface area contributed by atoms with E-state index in [1.807, 2.05) is 13.8 Å². The van der Waals surface area contributed by atoms with E-state index in [9.17, 15) is 13.2 Å². The highest BCUT2D eigenvalue weighted by molar-refractivity contribution is 7.89. The number of carbonyl (C=O) groups is 1. The molecule has 0 bridgehead atoms. The zero-order chi connectivity index (χ0) is 17.3. The van der Waals surface area contributed by atoms with E-state index in [1.54, 1.807) is 40.0 Å². The molecule has 0 fully saturated rings. The van der Waals surface area contributed by atoms with Crippen LogP contribution in [-0.4, -0.2) is 32.1 Å². The average Bonchev–Trinajstić information content (AvgIpc) is 2.34. The van der Waals surface area contributed by atoms with Crippen molar-refractivity contribution in [3.05, 3.63) is 29.8 Å². The molecule has 0 aliphatic heterocycles. The lowest BCUT2D eigenvalue weighted by Gasteiger charge is -2.37. The fraction of sp³-hybridized carbons (Fsp3) is 0.533. The van der Waals surface area contributed by atoms with Crippen LogP contribution >= 0.6 is 0 Å². The van der Waals surface area contributed by atoms with E-state index in [0.29, 0.717) is 0 Å². The standard InChI is InChI=1S/C15H24N2O4S/c1-14(2,3)21-13(18)17(6)15(4,5)11-7-9-12(10-8-11)22(16,19)20/h7-10H,1-6H3,(H2,16,19,20). The number of rotatable bonds is 3. The van der Waals surface area contributed by atoms with E-state index >= 15 is 0 Å². The highest BCUT2D eigenvalue weighted by atomic mass is 32.2. The van der Waals surface area contributed by atoms with Gasteiger partial charge in [0, 0.05) is 7.05 Å². The molecular weight excluding hydrogens is 304 g/mol. The van der Waals surface area contributed by atoms with Crippen molar-refractivity contribution < 1.29 is 17.9 Å². The van der Waals surface area contributed by atoms with Gasteiger partial charge in [-0.1, -0.05) is 12.1 Å². The van der Waals surface area contributed by atoms with Crippen LogP contribution in [0.3, 0.4) is 0 Å². The predicted octanol–water partition coefficient (Wildman–Crippen LogP) is 2.44. The molecule has 124 valence electrons. The predicted molar refractivity (Wildman–Crippen MR) is 84.8 cm³/mol. The first kappa shape index (κ1) is 18.4. The van der Waals surface area contributed by atoms with Crippen molar-refractivity contribution in [2.24, 2.45) is 5.14 Å². The smallest absolute Gasteiger partial charge is 0.410 e. The molecule has 1 aromatic carbocycles. The minimum absolute atomic E-state index is 0.0342. The lowest BCUT2D eigenvalue weighted by atomic mass is 9.93. The Balaban J connectivity index is 3.05. The second kappa shape index (κ2) is 5.89. The summed E-state index contributed by atoms with van der Waals surface area (Å²) in [6.07, 6.45) is -0.451. The quantitative estimate of drug-likeness (QED) is 0.922. The highest BCUT2D eigenvalue weighted by Gasteiger charge is 2.32. The van der Waals surface area contributed by atoms with Crippen LogP contribution in [0.4, 0.5) is 4.79 Å². The molecule has 0 aromatic heterocycles. The fourth-order valence-electron chi connectivity index (χ4n) is 1.80. The number of carbonyl (C=O) groups excluding carboxylic acids is 1. The maximum Gasteiger partial charge on any atom is 0.410 e. The number of sulfonamides is 1. The molecule has 0 aliphatic carbocycles. The van der Waals surface area contributed by atoms with E-state index in [0.717, 1.165) is 5.56 Å². The van der Waals surface area contributed by atoms with Crippen molar-refractivity contribution in [3.8, 4) is 0 Å². The van der Waals surface area contributed by atoms with Crippen LogP contribution in [0.15, 0.2) is 29.2 Å². The first-order valence-electron chi connectivity index (χ1n) is 6.85. The number of hydrogen-bond acceptors (Lipinski definition) is 4. The van der Waals surface area contributed by atoms with E-state index in [2.05, 4.69) is 0 Å². The van der Waals surface area contributed by atoms with Crippen molar-refractivity contribution in [2.45, 2.75) is 50.7 Å². The molecule has 0 heterocycles. The molecule has 7 heteroatoms. The first-order valence-corrected chi connectivity index (χ1v) is 8.40. The molecule has 0 saturated heterocycles. The van der Waals surface area contributed by atoms with Crippen molar-refractivity contribution >= 4 is 16.1 Å². The second-order valence-corrected chi connectivity index (χ2v) is 8.23. The molecule has 0 aliphatic rings. The van der Waals surface area contributed by atoms with Crippen LogP contribution in [0.2, 0.25) is 0 Å². The van der Waals surface area contributed by atoms with Gasteiger partial charge in [-0.05, 0) is 52.3 Å². The molecule has 0 saturated carbocycles. The third kappa shape index (κ3) is 4.45. The number of amides is 1. The topological polar surface area (TPSA) is 89.7 Å². The van der Waals surface area contributed by atoms with Crippen LogP contribution in [0.25, 0.3) is 0 Å². The van der Waals surface area contributed by atoms with Gasteiger partial charge in [-0.2, -0.15) is 0 Å². The molecule has 1 rings (SSSR count). The molecule has 0 unspecified atom stereocenters. The maximum atomic E-state index is 12.2. The Morgan fingerprint density at radius 3 is 1.91 bits per heavy atom. The van der Waals surface area contributed by atoms with Crippen LogP contribution in [0.5, 0.6) is 0 Å². The summed E-state index contributed by atoms with van der Waals surface area (Å²) in [4.78, 5) is 13.7. The van der Waals surface area contributed by atoms with Crippen molar-refractivity contribution in [1.29, 1.82) is 0 Å². The molecule has 0 atom stereocenters. The SMILES string of the molecule is CN(C(=O)OC(C)(C)C)C(C)(C)c1ccc(S(N)(=O)=O)cc1. The summed E-state index contributed by atoms with van der Waals surface area (Å²) in [7, 11) is -2.09. The molecule has 6 nitrogen and oxygen atoms in total. The maximum absolute atomic E-state index is 12.2. The average molecular weight is 328 g/mol. The number of nitrogens with zero attached hydrogens (tertiary/aromatic N) is 1. The lowest BCUT2D eigenvalue weighted by Crippen LogP contribution is -2.45. The van der Waals surface area contributed by atoms with E-state index in [1.165, 1.54) is 17.0 Å². The van der Waals surface area contributed by atoms with Gasteiger partial charge in [0.15, 0.2) is 0 Å². The van der Waals surface area contributed by atoms with Crippen molar-refractivity contribution in [2.75, 3.05) is 7.05 Å². The zero-order valence-electron chi connectivity index (χ0n) is 13.9. The van der Waals surface area contributed by atoms with Gasteiger partial charge in [0.05, 0.1) is 10.4 Å². The Hall–Kier alpha value is -1.60. The number of benzene rings is 1. The Labute approximate surface area is 132 Å². The monoisotopic (exact) mass is 328 g/mol. The van der Waals surface area contributed by atoms with Crippen LogP contribution < -0.4 is 5.14 Å². The number of nitrogens with two attached hydrogens (primary N) is 1. The molecule has 1 amide bonds. The zero-order valence-corrected chi connectivity index (χ0v) is 14.7. The Kier molecular flexibility index (Phi) is 4.94. The van der Waals surface area contributed by atoms with Crippen LogP contribution in [0.1, 0.15) is 40.2 Å². The Morgan fingerprint density at radius 1 is 1.09 bits per heavy atom. The summed E-state index contributed by atoms with van der Waals surface area (Å²) in [6, 6.07) is 6.13. The van der Waals surface area contributed by atoms with Gasteiger partial charge in [-0.3, -0.25) is 0 Å². The van der Waals surface area contributed by atoms with E-state index in [-0.39, 0.29) is 4.90 Å². The number of primary sulfonamides is 1. The number of hydrogen-bond donors (Lipinski definition) is 1. The van der Waals surface area contributed by atoms with Crippen LogP contribution in [-0.2, 0) is 20.3 Å². The largest absolute Gasteiger partial charge is 0.444 e. The molecular formula is C15H24N2O4S. The molecule has 1 aromatic rings. The normalized spacial score (nSPS) is 12.9. The summed E-state index contributed by atoms with van der Waals surface area (Å²) >= 11 is 0. The summed E-state index contributed by atoms with van der Waals surface area (Å²) in [5, 5.41) is 5.08.